The van der Waals surface area contributed by atoms with E-state index in [-0.39, 0.29) is 0 Å². The Hall–Kier alpha value is 2.27. The molecule has 0 spiro atoms. The maximum atomic E-state index is 2.06. The van der Waals surface area contributed by atoms with Gasteiger partial charge in [-0.25, -0.2) is 0 Å². The van der Waals surface area contributed by atoms with Crippen molar-refractivity contribution in [2.45, 2.75) is 23.2 Å². The molecule has 0 radical (unpaired) electrons. The molecular weight excluding hydrogens is 313 g/mol. The third-order valence-corrected chi connectivity index (χ3v) is 10.5. The zero-order chi connectivity index (χ0) is 10.8. The highest BCUT2D eigenvalue weighted by molar-refractivity contribution is 9.26. The molecule has 0 aromatic heterocycles. The first-order valence-corrected chi connectivity index (χ1v) is 15.0. The molecule has 0 saturated carbocycles. The van der Waals surface area contributed by atoms with Gasteiger partial charge in [-0.15, -0.1) is 0 Å². The first kappa shape index (κ1) is 16.3. The summed E-state index contributed by atoms with van der Waals surface area (Å²) in [6.45, 7) is 0. The molecule has 8 heteroatoms. The summed E-state index contributed by atoms with van der Waals surface area (Å²) in [6.07, 6.45) is 2.95. The van der Waals surface area contributed by atoms with E-state index in [1.807, 2.05) is 19.7 Å². The number of hydrogen-bond acceptors (Lipinski definition) is 4. The van der Waals surface area contributed by atoms with Gasteiger partial charge in [0.1, 0.15) is 0 Å². The molecule has 0 aliphatic carbocycles. The Morgan fingerprint density at radius 1 is 0.714 bits per heavy atom. The van der Waals surface area contributed by atoms with Gasteiger partial charge >= 0.3 is 0 Å². The lowest BCUT2D eigenvalue weighted by atomic mass is 10.6. The lowest BCUT2D eigenvalue weighted by Gasteiger charge is -2.04. The Morgan fingerprint density at radius 3 is 1.36 bits per heavy atom. The normalized spacial score (nSPS) is 16.3. The van der Waals surface area contributed by atoms with Gasteiger partial charge in [-0.05, 0) is 32.5 Å². The Bertz CT molecular complexity index is 110. The molecule has 0 rings (SSSR count). The van der Waals surface area contributed by atoms with Gasteiger partial charge in [0.2, 0.25) is 0 Å². The Kier molecular flexibility index (Phi) is 13.6. The van der Waals surface area contributed by atoms with E-state index >= 15 is 0 Å². The zero-order valence-electron chi connectivity index (χ0n) is 9.62. The topological polar surface area (TPSA) is 0 Å². The largest absolute Gasteiger partial charge is 0.0817 e. The van der Waals surface area contributed by atoms with Gasteiger partial charge in [0.25, 0.3) is 0 Å². The van der Waals surface area contributed by atoms with Crippen LogP contribution in [0, 0.1) is 0 Å². The van der Waals surface area contributed by atoms with Crippen molar-refractivity contribution in [2.75, 3.05) is 11.5 Å². The van der Waals surface area contributed by atoms with E-state index < -0.39 is 0 Å². The predicted octanol–water partition coefficient (Wildman–Crippen LogP) is -0.602. The molecule has 86 valence electrons. The minimum atomic E-state index is 1.14. The fourth-order valence-electron chi connectivity index (χ4n) is 0.675. The van der Waals surface area contributed by atoms with E-state index in [2.05, 4.69) is 21.6 Å². The second-order valence-corrected chi connectivity index (χ2v) is 22.9. The minimum absolute atomic E-state index is 1.14. The Labute approximate surface area is 116 Å². The smallest absolute Gasteiger partial charge is 0.00421 e. The molecule has 0 heterocycles. The summed E-state index contributed by atoms with van der Waals surface area (Å²) in [4.78, 5) is 0. The molecule has 0 aromatic rings. The van der Waals surface area contributed by atoms with E-state index in [0.29, 0.717) is 0 Å². The molecule has 0 saturated heterocycles. The van der Waals surface area contributed by atoms with E-state index in [4.69, 9.17) is 0 Å². The van der Waals surface area contributed by atoms with Crippen molar-refractivity contribution in [2.24, 2.45) is 0 Å². The average Bonchev–Trinajstić information content (AvgIpc) is 2.08. The van der Waals surface area contributed by atoms with E-state index in [1.165, 1.54) is 65.3 Å². The lowest BCUT2D eigenvalue weighted by molar-refractivity contribution is 1.04. The molecule has 0 bridgehead atoms. The van der Waals surface area contributed by atoms with E-state index in [9.17, 15) is 0 Å². The van der Waals surface area contributed by atoms with Crippen molar-refractivity contribution in [1.29, 1.82) is 0 Å². The summed E-state index contributed by atoms with van der Waals surface area (Å²) in [5.74, 6) is 2.75. The van der Waals surface area contributed by atoms with Crippen LogP contribution in [0.4, 0.5) is 0 Å². The first-order valence-electron chi connectivity index (χ1n) is 5.20. The summed E-state index contributed by atoms with van der Waals surface area (Å²) in [7, 11) is 13.8. The summed E-state index contributed by atoms with van der Waals surface area (Å²) in [6, 6.07) is 0. The van der Waals surface area contributed by atoms with Gasteiger partial charge < -0.3 is 0 Å². The molecule has 0 unspecified atom stereocenters. The van der Waals surface area contributed by atoms with Crippen molar-refractivity contribution < 1.29 is 0 Å². The third kappa shape index (κ3) is 14.3. The average molecular weight is 335 g/mol. The summed E-state index contributed by atoms with van der Waals surface area (Å²) < 4.78 is 0. The second-order valence-electron chi connectivity index (χ2n) is 4.15. The van der Waals surface area contributed by atoms with Gasteiger partial charge in [0.05, 0.1) is 0 Å². The third-order valence-electron chi connectivity index (χ3n) is 1.68. The molecule has 0 nitrogen and oxygen atoms in total. The highest BCUT2D eigenvalue weighted by atomic mass is 33.7. The fraction of sp³-hybridized carbons (Fsp3) is 1.00. The predicted molar refractivity (Wildman–Crippen MR) is 96.6 cm³/mol. The SMILES string of the molecule is [SiH3]C([SiH3])CCSSSSCCC([SiH3])[SiH3]. The van der Waals surface area contributed by atoms with Gasteiger partial charge in [-0.2, -0.15) is 0 Å². The molecular formula is C6H22S4Si4. The molecule has 0 aliphatic heterocycles. The fourth-order valence-corrected chi connectivity index (χ4v) is 10.1. The van der Waals surface area contributed by atoms with E-state index in [0.717, 1.165) is 10.3 Å². The van der Waals surface area contributed by atoms with Gasteiger partial charge in [0.15, 0.2) is 0 Å². The Balaban J connectivity index is 2.92. The summed E-state index contributed by atoms with van der Waals surface area (Å²) in [5, 5.41) is 2.27. The molecule has 0 aromatic carbocycles. The number of hydrogen-bond donors (Lipinski definition) is 0. The van der Waals surface area contributed by atoms with Crippen LogP contribution in [0.1, 0.15) is 12.8 Å². The van der Waals surface area contributed by atoms with Crippen LogP contribution in [0.5, 0.6) is 0 Å². The van der Waals surface area contributed by atoms with Crippen molar-refractivity contribution in [3.05, 3.63) is 0 Å². The maximum Gasteiger partial charge on any atom is 0.00421 e. The highest BCUT2D eigenvalue weighted by Crippen LogP contribution is 2.43. The lowest BCUT2D eigenvalue weighted by Crippen LogP contribution is -1.91. The van der Waals surface area contributed by atoms with Crippen LogP contribution in [-0.2, 0) is 0 Å². The van der Waals surface area contributed by atoms with Crippen LogP contribution < -0.4 is 0 Å². The Morgan fingerprint density at radius 2 is 1.07 bits per heavy atom. The summed E-state index contributed by atoms with van der Waals surface area (Å²) >= 11 is 0. The van der Waals surface area contributed by atoms with Gasteiger partial charge in [-0.3, -0.25) is 0 Å². The summed E-state index contributed by atoms with van der Waals surface area (Å²) in [5.41, 5.74) is 0. The maximum absolute atomic E-state index is 2.06. The highest BCUT2D eigenvalue weighted by Gasteiger charge is 1.97. The minimum Gasteiger partial charge on any atom is -0.0817 e. The van der Waals surface area contributed by atoms with Crippen molar-refractivity contribution in [3.63, 3.8) is 0 Å². The van der Waals surface area contributed by atoms with Gasteiger partial charge in [-0.1, -0.05) is 31.9 Å². The van der Waals surface area contributed by atoms with Crippen LogP contribution in [0.25, 0.3) is 0 Å². The quantitative estimate of drug-likeness (QED) is 0.313. The molecule has 0 fully saturated rings. The molecule has 0 aliphatic rings. The van der Waals surface area contributed by atoms with Crippen molar-refractivity contribution in [1.82, 2.24) is 0 Å². The van der Waals surface area contributed by atoms with Crippen LogP contribution in [0.3, 0.4) is 0 Å². The standard InChI is InChI=1S/C6H22S4Si4/c11-5(12)1-3-7-9-10-8-4-2-6(13)14/h5-6H,1-4H2,11-14H3. The van der Waals surface area contributed by atoms with Crippen LogP contribution in [0.15, 0.2) is 0 Å². The molecule has 0 N–H and O–H groups in total. The van der Waals surface area contributed by atoms with Crippen LogP contribution in [0.2, 0.25) is 10.3 Å². The molecule has 0 atom stereocenters. The second kappa shape index (κ2) is 11.7. The first-order chi connectivity index (χ1) is 6.63. The molecule has 0 amide bonds. The van der Waals surface area contributed by atoms with Crippen molar-refractivity contribution in [3.8, 4) is 0 Å². The van der Waals surface area contributed by atoms with Gasteiger partial charge in [0, 0.05) is 52.5 Å². The monoisotopic (exact) mass is 334 g/mol. The van der Waals surface area contributed by atoms with E-state index in [1.54, 1.807) is 0 Å². The van der Waals surface area contributed by atoms with Crippen LogP contribution >= 0.6 is 41.2 Å². The molecule has 14 heavy (non-hydrogen) atoms. The van der Waals surface area contributed by atoms with Crippen LogP contribution in [-0.4, -0.2) is 52.5 Å². The zero-order valence-corrected chi connectivity index (χ0v) is 20.9. The van der Waals surface area contributed by atoms with Crippen molar-refractivity contribution >= 4 is 82.2 Å². The number of rotatable bonds is 9.